The second-order valence-electron chi connectivity index (χ2n) is 7.05. The van der Waals surface area contributed by atoms with Crippen LogP contribution in [0.4, 0.5) is 4.39 Å². The van der Waals surface area contributed by atoms with Crippen molar-refractivity contribution in [3.8, 4) is 0 Å². The summed E-state index contributed by atoms with van der Waals surface area (Å²) in [5, 5.41) is 2.82. The van der Waals surface area contributed by atoms with Crippen molar-refractivity contribution in [3.63, 3.8) is 0 Å². The lowest BCUT2D eigenvalue weighted by molar-refractivity contribution is -0.154. The van der Waals surface area contributed by atoms with Gasteiger partial charge in [0.1, 0.15) is 5.82 Å². The number of nitrogens with one attached hydrogen (secondary N) is 1. The predicted octanol–water partition coefficient (Wildman–Crippen LogP) is 4.06. The first kappa shape index (κ1) is 19.1. The van der Waals surface area contributed by atoms with E-state index in [1.165, 1.54) is 6.07 Å². The molecule has 1 atom stereocenters. The lowest BCUT2D eigenvalue weighted by Crippen LogP contribution is -2.38. The third kappa shape index (κ3) is 4.18. The van der Waals surface area contributed by atoms with Crippen LogP contribution in [-0.2, 0) is 19.7 Å². The average Bonchev–Trinajstić information content (AvgIpc) is 3.18. The number of benzene rings is 2. The van der Waals surface area contributed by atoms with E-state index in [4.69, 9.17) is 4.74 Å². The Labute approximate surface area is 158 Å². The molecule has 1 N–H and O–H groups in total. The molecule has 3 rings (SSSR count). The molecule has 1 fully saturated rings. The van der Waals surface area contributed by atoms with Gasteiger partial charge in [-0.1, -0.05) is 61.4 Å². The summed E-state index contributed by atoms with van der Waals surface area (Å²) in [5.74, 6) is -1.30. The van der Waals surface area contributed by atoms with E-state index in [0.29, 0.717) is 18.4 Å². The summed E-state index contributed by atoms with van der Waals surface area (Å²) in [6.07, 6.45) is 2.74. The Morgan fingerprint density at radius 3 is 2.37 bits per heavy atom. The topological polar surface area (TPSA) is 55.4 Å². The Bertz CT molecular complexity index is 800. The number of rotatable bonds is 6. The van der Waals surface area contributed by atoms with Gasteiger partial charge in [-0.25, -0.2) is 4.39 Å². The highest BCUT2D eigenvalue weighted by Crippen LogP contribution is 2.43. The van der Waals surface area contributed by atoms with Gasteiger partial charge in [-0.05, 0) is 31.4 Å². The van der Waals surface area contributed by atoms with Crippen LogP contribution in [0.2, 0.25) is 0 Å². The Morgan fingerprint density at radius 1 is 1.07 bits per heavy atom. The van der Waals surface area contributed by atoms with Crippen LogP contribution < -0.4 is 5.32 Å². The molecule has 5 heteroatoms. The molecule has 0 heterocycles. The molecule has 0 aliphatic heterocycles. The lowest BCUT2D eigenvalue weighted by Gasteiger charge is -2.27. The number of hydrogen-bond donors (Lipinski definition) is 1. The SMILES string of the molecule is CC(NC(=O)COC(=O)C1(c2ccccc2F)CCCC1)c1ccccc1. The van der Waals surface area contributed by atoms with Gasteiger partial charge >= 0.3 is 5.97 Å². The van der Waals surface area contributed by atoms with Crippen molar-refractivity contribution in [3.05, 3.63) is 71.5 Å². The number of ether oxygens (including phenoxy) is 1. The summed E-state index contributed by atoms with van der Waals surface area (Å²) >= 11 is 0. The van der Waals surface area contributed by atoms with E-state index >= 15 is 0 Å². The minimum Gasteiger partial charge on any atom is -0.455 e. The zero-order valence-electron chi connectivity index (χ0n) is 15.4. The summed E-state index contributed by atoms with van der Waals surface area (Å²) in [6.45, 7) is 1.50. The normalized spacial score (nSPS) is 16.5. The van der Waals surface area contributed by atoms with E-state index in [1.54, 1.807) is 18.2 Å². The highest BCUT2D eigenvalue weighted by molar-refractivity contribution is 5.87. The summed E-state index contributed by atoms with van der Waals surface area (Å²) in [5.41, 5.74) is 0.345. The van der Waals surface area contributed by atoms with Gasteiger partial charge in [0, 0.05) is 5.56 Å². The van der Waals surface area contributed by atoms with Crippen LogP contribution in [0, 0.1) is 5.82 Å². The van der Waals surface area contributed by atoms with Gasteiger partial charge in [0.25, 0.3) is 5.91 Å². The molecule has 142 valence electrons. The molecular formula is C22H24FNO3. The molecule has 4 nitrogen and oxygen atoms in total. The Morgan fingerprint density at radius 2 is 1.70 bits per heavy atom. The fourth-order valence-electron chi connectivity index (χ4n) is 3.79. The predicted molar refractivity (Wildman–Crippen MR) is 101 cm³/mol. The zero-order valence-corrected chi connectivity index (χ0v) is 15.4. The molecule has 1 aliphatic rings. The minimum atomic E-state index is -0.989. The first-order chi connectivity index (χ1) is 13.0. The van der Waals surface area contributed by atoms with Crippen LogP contribution >= 0.6 is 0 Å². The van der Waals surface area contributed by atoms with Crippen molar-refractivity contribution < 1.29 is 18.7 Å². The monoisotopic (exact) mass is 369 g/mol. The van der Waals surface area contributed by atoms with E-state index in [9.17, 15) is 14.0 Å². The van der Waals surface area contributed by atoms with Gasteiger partial charge in [-0.15, -0.1) is 0 Å². The van der Waals surface area contributed by atoms with Crippen LogP contribution in [-0.4, -0.2) is 18.5 Å². The highest BCUT2D eigenvalue weighted by Gasteiger charge is 2.45. The molecule has 0 saturated heterocycles. The van der Waals surface area contributed by atoms with Gasteiger partial charge in [-0.3, -0.25) is 9.59 Å². The summed E-state index contributed by atoms with van der Waals surface area (Å²) in [6, 6.07) is 15.7. The molecular weight excluding hydrogens is 345 g/mol. The Kier molecular flexibility index (Phi) is 5.89. The van der Waals surface area contributed by atoms with Crippen molar-refractivity contribution in [2.24, 2.45) is 0 Å². The first-order valence-electron chi connectivity index (χ1n) is 9.29. The van der Waals surface area contributed by atoms with Crippen molar-refractivity contribution in [2.75, 3.05) is 6.61 Å². The second kappa shape index (κ2) is 8.33. The van der Waals surface area contributed by atoms with Crippen molar-refractivity contribution in [2.45, 2.75) is 44.1 Å². The molecule has 2 aromatic rings. The van der Waals surface area contributed by atoms with Crippen molar-refractivity contribution in [1.29, 1.82) is 0 Å². The van der Waals surface area contributed by atoms with E-state index in [1.807, 2.05) is 37.3 Å². The summed E-state index contributed by atoms with van der Waals surface area (Å²) < 4.78 is 19.6. The van der Waals surface area contributed by atoms with Crippen LogP contribution in [0.15, 0.2) is 54.6 Å². The molecule has 1 aliphatic carbocycles. The molecule has 2 aromatic carbocycles. The Hall–Kier alpha value is -2.69. The molecule has 27 heavy (non-hydrogen) atoms. The number of carbonyl (C=O) groups is 2. The maximum Gasteiger partial charge on any atom is 0.317 e. The largest absolute Gasteiger partial charge is 0.455 e. The maximum atomic E-state index is 14.3. The van der Waals surface area contributed by atoms with Crippen LogP contribution in [0.1, 0.15) is 49.8 Å². The van der Waals surface area contributed by atoms with Crippen molar-refractivity contribution >= 4 is 11.9 Å². The molecule has 0 bridgehead atoms. The third-order valence-electron chi connectivity index (χ3n) is 5.25. The van der Waals surface area contributed by atoms with Gasteiger partial charge in [0.05, 0.1) is 11.5 Å². The van der Waals surface area contributed by atoms with Crippen molar-refractivity contribution in [1.82, 2.24) is 5.32 Å². The smallest absolute Gasteiger partial charge is 0.317 e. The number of esters is 1. The fourth-order valence-corrected chi connectivity index (χ4v) is 3.79. The third-order valence-corrected chi connectivity index (χ3v) is 5.25. The highest BCUT2D eigenvalue weighted by atomic mass is 19.1. The number of amides is 1. The van der Waals surface area contributed by atoms with Crippen LogP contribution in [0.25, 0.3) is 0 Å². The quantitative estimate of drug-likeness (QED) is 0.782. The molecule has 0 aromatic heterocycles. The molecule has 0 radical (unpaired) electrons. The van der Waals surface area contributed by atoms with Gasteiger partial charge in [-0.2, -0.15) is 0 Å². The summed E-state index contributed by atoms with van der Waals surface area (Å²) in [4.78, 5) is 25.0. The van der Waals surface area contributed by atoms with E-state index in [-0.39, 0.29) is 18.6 Å². The van der Waals surface area contributed by atoms with Gasteiger partial charge in [0.15, 0.2) is 6.61 Å². The van der Waals surface area contributed by atoms with Crippen LogP contribution in [0.3, 0.4) is 0 Å². The fraction of sp³-hybridized carbons (Fsp3) is 0.364. The standard InChI is InChI=1S/C22H24FNO3/c1-16(17-9-3-2-4-10-17)24-20(25)15-27-21(26)22(13-7-8-14-22)18-11-5-6-12-19(18)23/h2-6,9-12,16H,7-8,13-15H2,1H3,(H,24,25). The average molecular weight is 369 g/mol. The lowest BCUT2D eigenvalue weighted by atomic mass is 9.78. The van der Waals surface area contributed by atoms with E-state index in [0.717, 1.165) is 18.4 Å². The molecule has 1 saturated carbocycles. The Balaban J connectivity index is 1.63. The van der Waals surface area contributed by atoms with Gasteiger partial charge in [0.2, 0.25) is 0 Å². The number of hydrogen-bond acceptors (Lipinski definition) is 3. The molecule has 1 amide bonds. The molecule has 0 spiro atoms. The van der Waals surface area contributed by atoms with E-state index in [2.05, 4.69) is 5.32 Å². The minimum absolute atomic E-state index is 0.190. The summed E-state index contributed by atoms with van der Waals surface area (Å²) in [7, 11) is 0. The molecule has 1 unspecified atom stereocenters. The zero-order chi connectivity index (χ0) is 19.3. The van der Waals surface area contributed by atoms with E-state index < -0.39 is 17.2 Å². The maximum absolute atomic E-state index is 14.3. The van der Waals surface area contributed by atoms with Crippen LogP contribution in [0.5, 0.6) is 0 Å². The first-order valence-corrected chi connectivity index (χ1v) is 9.29. The number of carbonyl (C=O) groups excluding carboxylic acids is 2. The van der Waals surface area contributed by atoms with Gasteiger partial charge < -0.3 is 10.1 Å². The number of halogens is 1. The second-order valence-corrected chi connectivity index (χ2v) is 7.05.